The number of carboxylic acid groups (broad SMARTS) is 1. The molecule has 0 radical (unpaired) electrons. The van der Waals surface area contributed by atoms with Crippen molar-refractivity contribution in [3.8, 4) is 0 Å². The van der Waals surface area contributed by atoms with Crippen LogP contribution in [-0.2, 0) is 10.3 Å². The van der Waals surface area contributed by atoms with E-state index >= 15 is 0 Å². The van der Waals surface area contributed by atoms with Crippen molar-refractivity contribution in [1.29, 1.82) is 0 Å². The topological polar surface area (TPSA) is 75.1 Å². The maximum Gasteiger partial charge on any atom is 0.335 e. The first-order valence-electron chi connectivity index (χ1n) is 6.30. The van der Waals surface area contributed by atoms with Crippen molar-refractivity contribution in [2.24, 2.45) is 0 Å². The van der Waals surface area contributed by atoms with Gasteiger partial charge in [0.1, 0.15) is 0 Å². The normalized spacial score (nSPS) is 13.6. The fraction of sp³-hybridized carbons (Fsp3) is 0.267. The number of rotatable bonds is 4. The van der Waals surface area contributed by atoms with Gasteiger partial charge in [-0.1, -0.05) is 18.2 Å². The number of aliphatic carboxylic acids is 1. The fourth-order valence-electron chi connectivity index (χ4n) is 2.09. The van der Waals surface area contributed by atoms with Crippen LogP contribution in [0.25, 0.3) is 0 Å². The lowest BCUT2D eigenvalue weighted by Crippen LogP contribution is -2.42. The molecule has 20 heavy (non-hydrogen) atoms. The lowest BCUT2D eigenvalue weighted by atomic mass is 9.94. The summed E-state index contributed by atoms with van der Waals surface area (Å²) in [5, 5.41) is 12.7. The second-order valence-corrected chi connectivity index (χ2v) is 4.86. The number of carboxylic acids is 1. The first-order chi connectivity index (χ1) is 9.45. The van der Waals surface area contributed by atoms with Gasteiger partial charge in [0.2, 0.25) is 0 Å². The number of carbonyl (C=O) groups is 1. The molecule has 5 heteroatoms. The average Bonchev–Trinajstić information content (AvgIpc) is 2.41. The second-order valence-electron chi connectivity index (χ2n) is 4.86. The Kier molecular flexibility index (Phi) is 3.70. The average molecular weight is 271 g/mol. The van der Waals surface area contributed by atoms with E-state index in [4.69, 9.17) is 0 Å². The van der Waals surface area contributed by atoms with Crippen LogP contribution in [0.4, 0.5) is 5.69 Å². The minimum Gasteiger partial charge on any atom is -0.479 e. The lowest BCUT2D eigenvalue weighted by molar-refractivity contribution is -0.142. The van der Waals surface area contributed by atoms with Crippen molar-refractivity contribution in [1.82, 2.24) is 9.97 Å². The lowest BCUT2D eigenvalue weighted by Gasteiger charge is -2.28. The maximum absolute atomic E-state index is 11.8. The first kappa shape index (κ1) is 14.0. The summed E-state index contributed by atoms with van der Waals surface area (Å²) in [6, 6.07) is 7.55. The van der Waals surface area contributed by atoms with E-state index in [1.807, 2.05) is 31.2 Å². The summed E-state index contributed by atoms with van der Waals surface area (Å²) >= 11 is 0. The third kappa shape index (κ3) is 2.47. The molecule has 5 nitrogen and oxygen atoms in total. The quantitative estimate of drug-likeness (QED) is 0.893. The van der Waals surface area contributed by atoms with Crippen LogP contribution in [0.2, 0.25) is 0 Å². The third-order valence-corrected chi connectivity index (χ3v) is 3.31. The Morgan fingerprint density at radius 1 is 1.20 bits per heavy atom. The molecule has 0 spiro atoms. The smallest absolute Gasteiger partial charge is 0.335 e. The Labute approximate surface area is 117 Å². The number of nitrogens with one attached hydrogen (secondary N) is 1. The summed E-state index contributed by atoms with van der Waals surface area (Å²) in [5.41, 5.74) is 1.42. The second kappa shape index (κ2) is 5.28. The number of para-hydroxylation sites is 1. The Bertz CT molecular complexity index is 643. The number of aromatic nitrogens is 2. The molecule has 0 aliphatic carbocycles. The largest absolute Gasteiger partial charge is 0.479 e. The molecular weight excluding hydrogens is 254 g/mol. The minimum atomic E-state index is -1.33. The molecule has 2 N–H and O–H groups in total. The van der Waals surface area contributed by atoms with Crippen LogP contribution in [0.3, 0.4) is 0 Å². The van der Waals surface area contributed by atoms with Gasteiger partial charge in [0.25, 0.3) is 0 Å². The molecule has 0 saturated heterocycles. The molecule has 0 bridgehead atoms. The van der Waals surface area contributed by atoms with Gasteiger partial charge in [-0.05, 0) is 32.4 Å². The summed E-state index contributed by atoms with van der Waals surface area (Å²) < 4.78 is 0. The SMILES string of the molecule is Cc1ccccc1NC(C)(C(=O)O)c1nccnc1C. The zero-order valence-electron chi connectivity index (χ0n) is 11.7. The molecular formula is C15H17N3O2. The van der Waals surface area contributed by atoms with Gasteiger partial charge in [0, 0.05) is 18.1 Å². The molecule has 1 unspecified atom stereocenters. The summed E-state index contributed by atoms with van der Waals surface area (Å²) in [7, 11) is 0. The summed E-state index contributed by atoms with van der Waals surface area (Å²) in [4.78, 5) is 20.1. The predicted octanol–water partition coefficient (Wildman–Crippen LogP) is 2.51. The Morgan fingerprint density at radius 2 is 1.85 bits per heavy atom. The molecule has 1 aromatic heterocycles. The highest BCUT2D eigenvalue weighted by Gasteiger charge is 2.38. The van der Waals surface area contributed by atoms with Crippen LogP contribution in [0.5, 0.6) is 0 Å². The van der Waals surface area contributed by atoms with Crippen molar-refractivity contribution in [2.75, 3.05) is 5.32 Å². The van der Waals surface area contributed by atoms with Gasteiger partial charge in [-0.25, -0.2) is 4.79 Å². The molecule has 1 atom stereocenters. The molecule has 104 valence electrons. The van der Waals surface area contributed by atoms with Crippen LogP contribution >= 0.6 is 0 Å². The van der Waals surface area contributed by atoms with E-state index in [1.165, 1.54) is 6.20 Å². The van der Waals surface area contributed by atoms with Crippen molar-refractivity contribution < 1.29 is 9.90 Å². The van der Waals surface area contributed by atoms with Crippen LogP contribution < -0.4 is 5.32 Å². The van der Waals surface area contributed by atoms with Crippen molar-refractivity contribution in [3.05, 3.63) is 53.6 Å². The Hall–Kier alpha value is -2.43. The van der Waals surface area contributed by atoms with Gasteiger partial charge in [0.15, 0.2) is 5.54 Å². The van der Waals surface area contributed by atoms with E-state index in [9.17, 15) is 9.90 Å². The van der Waals surface area contributed by atoms with Crippen LogP contribution in [-0.4, -0.2) is 21.0 Å². The van der Waals surface area contributed by atoms with E-state index in [0.29, 0.717) is 11.4 Å². The van der Waals surface area contributed by atoms with Gasteiger partial charge < -0.3 is 10.4 Å². The van der Waals surface area contributed by atoms with Crippen molar-refractivity contribution in [3.63, 3.8) is 0 Å². The van der Waals surface area contributed by atoms with Crippen LogP contribution in [0.15, 0.2) is 36.7 Å². The molecule has 0 saturated carbocycles. The molecule has 1 aromatic carbocycles. The van der Waals surface area contributed by atoms with Gasteiger partial charge in [-0.15, -0.1) is 0 Å². The van der Waals surface area contributed by atoms with E-state index in [0.717, 1.165) is 11.3 Å². The Morgan fingerprint density at radius 3 is 2.45 bits per heavy atom. The Balaban J connectivity index is 2.49. The van der Waals surface area contributed by atoms with Gasteiger partial charge in [-0.2, -0.15) is 0 Å². The molecule has 0 aliphatic rings. The summed E-state index contributed by atoms with van der Waals surface area (Å²) in [5.74, 6) is -0.996. The van der Waals surface area contributed by atoms with Gasteiger partial charge in [-0.3, -0.25) is 9.97 Å². The zero-order valence-corrected chi connectivity index (χ0v) is 11.7. The number of aryl methyl sites for hydroxylation is 2. The van der Waals surface area contributed by atoms with Gasteiger partial charge in [0.05, 0.1) is 11.4 Å². The number of benzene rings is 1. The van der Waals surface area contributed by atoms with E-state index in [1.54, 1.807) is 20.0 Å². The number of hydrogen-bond acceptors (Lipinski definition) is 4. The summed E-state index contributed by atoms with van der Waals surface area (Å²) in [6.45, 7) is 5.27. The zero-order chi connectivity index (χ0) is 14.8. The number of nitrogens with zero attached hydrogens (tertiary/aromatic N) is 2. The number of anilines is 1. The maximum atomic E-state index is 11.8. The highest BCUT2D eigenvalue weighted by Crippen LogP contribution is 2.28. The molecule has 0 amide bonds. The van der Waals surface area contributed by atoms with Crippen LogP contribution in [0.1, 0.15) is 23.9 Å². The highest BCUT2D eigenvalue weighted by molar-refractivity contribution is 5.84. The first-order valence-corrected chi connectivity index (χ1v) is 6.30. The molecule has 2 rings (SSSR count). The molecule has 0 aliphatic heterocycles. The van der Waals surface area contributed by atoms with Crippen molar-refractivity contribution >= 4 is 11.7 Å². The molecule has 2 aromatic rings. The van der Waals surface area contributed by atoms with Crippen molar-refractivity contribution in [2.45, 2.75) is 26.3 Å². The predicted molar refractivity (Wildman–Crippen MR) is 76.6 cm³/mol. The van der Waals surface area contributed by atoms with E-state index < -0.39 is 11.5 Å². The minimum absolute atomic E-state index is 0.413. The number of hydrogen-bond donors (Lipinski definition) is 2. The summed E-state index contributed by atoms with van der Waals surface area (Å²) in [6.07, 6.45) is 3.05. The third-order valence-electron chi connectivity index (χ3n) is 3.31. The molecule has 0 fully saturated rings. The van der Waals surface area contributed by atoms with E-state index in [-0.39, 0.29) is 0 Å². The van der Waals surface area contributed by atoms with Gasteiger partial charge >= 0.3 is 5.97 Å². The van der Waals surface area contributed by atoms with Crippen LogP contribution in [0, 0.1) is 13.8 Å². The fourth-order valence-corrected chi connectivity index (χ4v) is 2.09. The standard InChI is InChI=1S/C15H17N3O2/c1-10-6-4-5-7-12(10)18-15(3,14(19)20)13-11(2)16-8-9-17-13/h4-9,18H,1-3H3,(H,19,20). The highest BCUT2D eigenvalue weighted by atomic mass is 16.4. The monoisotopic (exact) mass is 271 g/mol. The van der Waals surface area contributed by atoms with E-state index in [2.05, 4.69) is 15.3 Å². The molecule has 1 heterocycles.